The number of hydrogen-bond donors (Lipinski definition) is 2. The summed E-state index contributed by atoms with van der Waals surface area (Å²) in [6.45, 7) is 1.12. The van der Waals surface area contributed by atoms with Gasteiger partial charge in [-0.05, 0) is 43.5 Å². The third-order valence-corrected chi connectivity index (χ3v) is 8.91. The van der Waals surface area contributed by atoms with Gasteiger partial charge >= 0.3 is 0 Å². The highest BCUT2D eigenvalue weighted by atomic mass is 32.2. The van der Waals surface area contributed by atoms with E-state index in [0.29, 0.717) is 54.1 Å². The van der Waals surface area contributed by atoms with Crippen molar-refractivity contribution in [1.29, 1.82) is 5.41 Å². The van der Waals surface area contributed by atoms with Crippen molar-refractivity contribution < 1.29 is 22.7 Å². The van der Waals surface area contributed by atoms with Gasteiger partial charge in [-0.1, -0.05) is 6.07 Å². The number of nitrogens with one attached hydrogen (secondary N) is 1. The Morgan fingerprint density at radius 3 is 2.40 bits per heavy atom. The molecule has 2 saturated heterocycles. The van der Waals surface area contributed by atoms with Gasteiger partial charge in [0.1, 0.15) is 11.5 Å². The Morgan fingerprint density at radius 1 is 1.06 bits per heavy atom. The molecule has 0 bridgehead atoms. The van der Waals surface area contributed by atoms with Crippen LogP contribution in [0.3, 0.4) is 0 Å². The molecule has 0 aliphatic carbocycles. The summed E-state index contributed by atoms with van der Waals surface area (Å²) in [6.07, 6.45) is 4.09. The van der Waals surface area contributed by atoms with Crippen LogP contribution < -0.4 is 20.1 Å². The Hall–Kier alpha value is -3.37. The topological polar surface area (TPSA) is 126 Å². The fraction of sp³-hybridized carbons (Fsp3) is 0.360. The number of rotatable bonds is 7. The second-order valence-electron chi connectivity index (χ2n) is 8.72. The van der Waals surface area contributed by atoms with Crippen LogP contribution in [-0.4, -0.2) is 58.7 Å². The maximum atomic E-state index is 13.6. The lowest BCUT2D eigenvalue weighted by molar-refractivity contribution is -0.127. The maximum absolute atomic E-state index is 13.6. The van der Waals surface area contributed by atoms with E-state index in [-0.39, 0.29) is 23.9 Å². The second kappa shape index (κ2) is 9.71. The first-order chi connectivity index (χ1) is 16.8. The zero-order chi connectivity index (χ0) is 25.2. The monoisotopic (exact) mass is 498 g/mol. The number of carbonyl (C=O) groups excluding carboxylic acids is 1. The van der Waals surface area contributed by atoms with Crippen LogP contribution in [0.25, 0.3) is 5.57 Å². The van der Waals surface area contributed by atoms with Crippen LogP contribution in [0.1, 0.15) is 24.8 Å². The molecule has 9 nitrogen and oxygen atoms in total. The lowest BCUT2D eigenvalue weighted by atomic mass is 9.77. The number of ether oxygens (including phenoxy) is 2. The molecule has 2 aliphatic rings. The summed E-state index contributed by atoms with van der Waals surface area (Å²) in [6, 6.07) is 11.8. The molecule has 0 unspecified atom stereocenters. The van der Waals surface area contributed by atoms with Crippen molar-refractivity contribution in [3.05, 3.63) is 54.2 Å². The van der Waals surface area contributed by atoms with Gasteiger partial charge in [-0.2, -0.15) is 4.31 Å². The van der Waals surface area contributed by atoms with Crippen molar-refractivity contribution in [2.24, 2.45) is 11.1 Å². The summed E-state index contributed by atoms with van der Waals surface area (Å²) < 4.78 is 38.4. The molecular formula is C25H30N4O5S. The molecule has 2 fully saturated rings. The summed E-state index contributed by atoms with van der Waals surface area (Å²) in [7, 11) is -0.640. The standard InChI is InChI=1S/C25H30N4O5S/c1-33-20-4-3-5-21(15-20)35(31,32)28-11-8-25(9-12-28)10-13-29(24(25)30)19-6-7-22(18(16-26)17-27)23(14-19)34-2/h3-7,14-17,26H,8-13,27H2,1-2H3/b18-17+,26-16?. The molecule has 0 saturated carbocycles. The quantitative estimate of drug-likeness (QED) is 0.566. The van der Waals surface area contributed by atoms with Crippen LogP contribution in [0.4, 0.5) is 5.69 Å². The predicted molar refractivity (Wildman–Crippen MR) is 134 cm³/mol. The number of nitrogens with zero attached hydrogens (tertiary/aromatic N) is 2. The van der Waals surface area contributed by atoms with E-state index in [2.05, 4.69) is 0 Å². The predicted octanol–water partition coefficient (Wildman–Crippen LogP) is 2.86. The normalized spacial score (nSPS) is 18.6. The first-order valence-electron chi connectivity index (χ1n) is 11.4. The molecule has 35 heavy (non-hydrogen) atoms. The molecule has 2 aromatic carbocycles. The van der Waals surface area contributed by atoms with Gasteiger partial charge in [-0.15, -0.1) is 0 Å². The largest absolute Gasteiger partial charge is 0.497 e. The highest BCUT2D eigenvalue weighted by molar-refractivity contribution is 7.89. The molecular weight excluding hydrogens is 468 g/mol. The molecule has 1 spiro atoms. The average Bonchev–Trinajstić information content (AvgIpc) is 3.20. The molecule has 2 heterocycles. The molecule has 3 N–H and O–H groups in total. The summed E-state index contributed by atoms with van der Waals surface area (Å²) in [5, 5.41) is 7.54. The van der Waals surface area contributed by atoms with E-state index in [1.54, 1.807) is 35.2 Å². The highest BCUT2D eigenvalue weighted by Crippen LogP contribution is 2.45. The summed E-state index contributed by atoms with van der Waals surface area (Å²) in [5.41, 5.74) is 6.94. The number of piperidine rings is 1. The third kappa shape index (κ3) is 4.39. The van der Waals surface area contributed by atoms with Crippen molar-refractivity contribution in [2.45, 2.75) is 24.2 Å². The van der Waals surface area contributed by atoms with Gasteiger partial charge in [0.05, 0.1) is 24.5 Å². The number of carbonyl (C=O) groups is 1. The van der Waals surface area contributed by atoms with Gasteiger partial charge in [-0.3, -0.25) is 4.79 Å². The number of allylic oxidation sites excluding steroid dienone is 1. The molecule has 10 heteroatoms. The molecule has 1 amide bonds. The lowest BCUT2D eigenvalue weighted by Crippen LogP contribution is -2.46. The second-order valence-corrected chi connectivity index (χ2v) is 10.7. The minimum Gasteiger partial charge on any atom is -0.497 e. The number of amides is 1. The van der Waals surface area contributed by atoms with Crippen LogP contribution in [0.2, 0.25) is 0 Å². The number of methoxy groups -OCH3 is 2. The van der Waals surface area contributed by atoms with Gasteiger partial charge in [0.25, 0.3) is 0 Å². The van der Waals surface area contributed by atoms with Gasteiger partial charge in [-0.25, -0.2) is 8.42 Å². The molecule has 186 valence electrons. The Bertz CT molecular complexity index is 1270. The van der Waals surface area contributed by atoms with E-state index in [1.165, 1.54) is 30.8 Å². The Morgan fingerprint density at radius 2 is 1.77 bits per heavy atom. The van der Waals surface area contributed by atoms with Gasteiger partial charge < -0.3 is 25.5 Å². The van der Waals surface area contributed by atoms with Crippen LogP contribution in [-0.2, 0) is 14.8 Å². The van der Waals surface area contributed by atoms with Crippen LogP contribution in [0, 0.1) is 10.8 Å². The fourth-order valence-electron chi connectivity index (χ4n) is 4.90. The van der Waals surface area contributed by atoms with Crippen molar-refractivity contribution in [3.63, 3.8) is 0 Å². The molecule has 2 aliphatic heterocycles. The number of anilines is 1. The summed E-state index contributed by atoms with van der Waals surface area (Å²) in [5.74, 6) is 1.01. The Balaban J connectivity index is 1.51. The average molecular weight is 499 g/mol. The Kier molecular flexibility index (Phi) is 6.86. The third-order valence-electron chi connectivity index (χ3n) is 7.01. The first-order valence-corrected chi connectivity index (χ1v) is 12.8. The SMILES string of the molecule is COc1cccc(S(=O)(=O)N2CCC3(CCN(c4ccc(/C(C=N)=C/N)c(OC)c4)C3=O)CC2)c1. The van der Waals surface area contributed by atoms with Crippen molar-refractivity contribution in [2.75, 3.05) is 38.8 Å². The van der Waals surface area contributed by atoms with E-state index >= 15 is 0 Å². The van der Waals surface area contributed by atoms with Gasteiger partial charge in [0.15, 0.2) is 0 Å². The fourth-order valence-corrected chi connectivity index (χ4v) is 6.38. The number of hydrogen-bond acceptors (Lipinski definition) is 7. The van der Waals surface area contributed by atoms with E-state index in [0.717, 1.165) is 6.21 Å². The molecule has 4 rings (SSSR count). The number of benzene rings is 2. The summed E-state index contributed by atoms with van der Waals surface area (Å²) in [4.78, 5) is 15.5. The van der Waals surface area contributed by atoms with E-state index in [1.807, 2.05) is 6.07 Å². The molecule has 0 aromatic heterocycles. The van der Waals surface area contributed by atoms with Crippen molar-refractivity contribution in [3.8, 4) is 11.5 Å². The smallest absolute Gasteiger partial charge is 0.243 e. The molecule has 2 aromatic rings. The van der Waals surface area contributed by atoms with Gasteiger partial charge in [0.2, 0.25) is 15.9 Å². The van der Waals surface area contributed by atoms with Gasteiger partial charge in [0, 0.05) is 61.0 Å². The maximum Gasteiger partial charge on any atom is 0.243 e. The van der Waals surface area contributed by atoms with E-state index in [9.17, 15) is 13.2 Å². The number of nitrogens with two attached hydrogens (primary N) is 1. The van der Waals surface area contributed by atoms with Crippen molar-refractivity contribution >= 4 is 33.4 Å². The first kappa shape index (κ1) is 24.7. The Labute approximate surface area is 205 Å². The van der Waals surface area contributed by atoms with Crippen molar-refractivity contribution in [1.82, 2.24) is 4.31 Å². The molecule has 0 radical (unpaired) electrons. The van der Waals surface area contributed by atoms with E-state index in [4.69, 9.17) is 20.6 Å². The van der Waals surface area contributed by atoms with Crippen LogP contribution >= 0.6 is 0 Å². The van der Waals surface area contributed by atoms with E-state index < -0.39 is 15.4 Å². The minimum atomic E-state index is -3.67. The zero-order valence-corrected chi connectivity index (χ0v) is 20.7. The highest BCUT2D eigenvalue weighted by Gasteiger charge is 2.50. The lowest BCUT2D eigenvalue weighted by Gasteiger charge is -2.37. The van der Waals surface area contributed by atoms with Crippen LogP contribution in [0.5, 0.6) is 11.5 Å². The minimum absolute atomic E-state index is 0.00683. The van der Waals surface area contributed by atoms with Crippen LogP contribution in [0.15, 0.2) is 53.6 Å². The zero-order valence-electron chi connectivity index (χ0n) is 19.9. The summed E-state index contributed by atoms with van der Waals surface area (Å²) >= 11 is 0. The molecule has 0 atom stereocenters. The number of sulfonamides is 1.